The van der Waals surface area contributed by atoms with Crippen molar-refractivity contribution >= 4 is 45.3 Å². The lowest BCUT2D eigenvalue weighted by Crippen LogP contribution is -2.38. The maximum atomic E-state index is 12.8. The molecule has 1 saturated heterocycles. The molecule has 5 rings (SSSR count). The highest BCUT2D eigenvalue weighted by Crippen LogP contribution is 2.47. The Kier molecular flexibility index (Phi) is 5.56. The van der Waals surface area contributed by atoms with Crippen LogP contribution in [-0.4, -0.2) is 50.1 Å². The van der Waals surface area contributed by atoms with Gasteiger partial charge >= 0.3 is 6.03 Å². The molecular formula is C23H25BrClN7O. The largest absolute Gasteiger partial charge is 0.343 e. The Morgan fingerprint density at radius 2 is 2.03 bits per heavy atom. The molecule has 10 heteroatoms. The number of anilines is 2. The van der Waals surface area contributed by atoms with Crippen LogP contribution in [0.1, 0.15) is 32.4 Å². The average Bonchev–Trinajstić information content (AvgIpc) is 3.23. The Morgan fingerprint density at radius 3 is 2.73 bits per heavy atom. The average molecular weight is 531 g/mol. The molecule has 3 heterocycles. The van der Waals surface area contributed by atoms with Crippen molar-refractivity contribution in [1.29, 1.82) is 0 Å². The van der Waals surface area contributed by atoms with Crippen LogP contribution < -0.4 is 10.2 Å². The molecule has 1 aromatic carbocycles. The van der Waals surface area contributed by atoms with Crippen molar-refractivity contribution in [3.8, 4) is 5.69 Å². The predicted octanol–water partition coefficient (Wildman–Crippen LogP) is 5.08. The number of imidazole rings is 1. The van der Waals surface area contributed by atoms with E-state index in [0.717, 1.165) is 28.7 Å². The van der Waals surface area contributed by atoms with Crippen molar-refractivity contribution in [2.45, 2.75) is 38.3 Å². The summed E-state index contributed by atoms with van der Waals surface area (Å²) in [4.78, 5) is 30.1. The molecule has 1 atom stereocenters. The minimum Gasteiger partial charge on any atom is -0.343 e. The van der Waals surface area contributed by atoms with Gasteiger partial charge in [0.1, 0.15) is 5.82 Å². The first-order valence-electron chi connectivity index (χ1n) is 10.9. The number of amides is 2. The maximum absolute atomic E-state index is 12.8. The second-order valence-corrected chi connectivity index (χ2v) is 10.4. The van der Waals surface area contributed by atoms with Gasteiger partial charge in [0.2, 0.25) is 5.95 Å². The van der Waals surface area contributed by atoms with Crippen molar-refractivity contribution < 1.29 is 4.79 Å². The fourth-order valence-corrected chi connectivity index (χ4v) is 5.11. The second-order valence-electron chi connectivity index (χ2n) is 9.08. The number of halogens is 2. The van der Waals surface area contributed by atoms with Crippen LogP contribution in [0.25, 0.3) is 5.69 Å². The second kappa shape index (κ2) is 8.29. The smallest absolute Gasteiger partial charge is 0.325 e. The molecule has 1 saturated carbocycles. The van der Waals surface area contributed by atoms with Crippen LogP contribution >= 0.6 is 27.5 Å². The first-order chi connectivity index (χ1) is 15.8. The molecule has 0 bridgehead atoms. The van der Waals surface area contributed by atoms with E-state index in [4.69, 9.17) is 16.6 Å². The van der Waals surface area contributed by atoms with Gasteiger partial charge in [-0.15, -0.1) is 0 Å². The third-order valence-electron chi connectivity index (χ3n) is 6.30. The van der Waals surface area contributed by atoms with E-state index in [-0.39, 0.29) is 17.6 Å². The molecule has 0 spiro atoms. The summed E-state index contributed by atoms with van der Waals surface area (Å²) in [7, 11) is 1.83. The highest BCUT2D eigenvalue weighted by molar-refractivity contribution is 9.10. The summed E-state index contributed by atoms with van der Waals surface area (Å²) >= 11 is 9.70. The first kappa shape index (κ1) is 22.2. The third-order valence-corrected chi connectivity index (χ3v) is 6.98. The van der Waals surface area contributed by atoms with Crippen LogP contribution in [0.15, 0.2) is 47.5 Å². The third kappa shape index (κ3) is 4.19. The number of hydrogen-bond acceptors (Lipinski definition) is 5. The molecule has 1 N–H and O–H groups in total. The lowest BCUT2D eigenvalue weighted by atomic mass is 10.0. The van der Waals surface area contributed by atoms with Gasteiger partial charge < -0.3 is 14.8 Å². The molecule has 1 aliphatic heterocycles. The number of aromatic nitrogens is 4. The topological polar surface area (TPSA) is 79.2 Å². The lowest BCUT2D eigenvalue weighted by Gasteiger charge is -2.25. The van der Waals surface area contributed by atoms with Crippen molar-refractivity contribution in [1.82, 2.24) is 24.4 Å². The molecule has 172 valence electrons. The zero-order valence-corrected chi connectivity index (χ0v) is 21.0. The van der Waals surface area contributed by atoms with Crippen molar-refractivity contribution in [2.24, 2.45) is 5.92 Å². The van der Waals surface area contributed by atoms with Gasteiger partial charge in [-0.2, -0.15) is 4.98 Å². The summed E-state index contributed by atoms with van der Waals surface area (Å²) in [5.74, 6) is 1.43. The fraction of sp³-hybridized carbons (Fsp3) is 0.391. The number of hydrogen-bond donors (Lipinski definition) is 1. The monoisotopic (exact) mass is 529 g/mol. The zero-order chi connectivity index (χ0) is 23.3. The van der Waals surface area contributed by atoms with Gasteiger partial charge in [0.05, 0.1) is 23.6 Å². The molecule has 1 unspecified atom stereocenters. The highest BCUT2D eigenvalue weighted by atomic mass is 79.9. The molecule has 3 aromatic rings. The van der Waals surface area contributed by atoms with Gasteiger partial charge in [0.25, 0.3) is 0 Å². The molecule has 33 heavy (non-hydrogen) atoms. The number of carbonyl (C=O) groups excluding carboxylic acids is 1. The van der Waals surface area contributed by atoms with Crippen LogP contribution in [0.3, 0.4) is 0 Å². The Labute approximate surface area is 206 Å². The molecule has 2 aromatic heterocycles. The van der Waals surface area contributed by atoms with Crippen molar-refractivity contribution in [3.63, 3.8) is 0 Å². The minimum absolute atomic E-state index is 0.0362. The van der Waals surface area contributed by atoms with E-state index in [0.29, 0.717) is 29.3 Å². The predicted molar refractivity (Wildman–Crippen MR) is 132 cm³/mol. The van der Waals surface area contributed by atoms with Crippen molar-refractivity contribution in [2.75, 3.05) is 23.8 Å². The van der Waals surface area contributed by atoms with E-state index in [2.05, 4.69) is 45.1 Å². The molecule has 2 fully saturated rings. The first-order valence-corrected chi connectivity index (χ1v) is 12.1. The number of nitrogens with zero attached hydrogens (tertiary/aromatic N) is 6. The van der Waals surface area contributed by atoms with E-state index < -0.39 is 0 Å². The SMILES string of the molecule is CC(C)C1CN(C)C(=O)N1c1ccnc(NC2(c3cn(-c4cc(Cl)cc(Br)c4)cn3)CC2)n1. The number of carbonyl (C=O) groups is 1. The minimum atomic E-state index is -0.317. The summed E-state index contributed by atoms with van der Waals surface area (Å²) < 4.78 is 2.86. The molecule has 2 amide bonds. The van der Waals surface area contributed by atoms with Crippen LogP contribution in [0.2, 0.25) is 5.02 Å². The zero-order valence-electron chi connectivity index (χ0n) is 18.7. The summed E-state index contributed by atoms with van der Waals surface area (Å²) in [6, 6.07) is 7.57. The van der Waals surface area contributed by atoms with Gasteiger partial charge in [-0.3, -0.25) is 4.90 Å². The number of urea groups is 1. The van der Waals surface area contributed by atoms with Crippen LogP contribution in [0, 0.1) is 5.92 Å². The van der Waals surface area contributed by atoms with Gasteiger partial charge in [0, 0.05) is 41.2 Å². The molecule has 0 radical (unpaired) electrons. The van der Waals surface area contributed by atoms with E-state index in [1.807, 2.05) is 36.0 Å². The number of nitrogens with one attached hydrogen (secondary N) is 1. The van der Waals surface area contributed by atoms with Gasteiger partial charge in [-0.1, -0.05) is 41.4 Å². The molecular weight excluding hydrogens is 506 g/mol. The van der Waals surface area contributed by atoms with Gasteiger partial charge in [-0.25, -0.2) is 14.8 Å². The Hall–Kier alpha value is -2.65. The maximum Gasteiger partial charge on any atom is 0.325 e. The summed E-state index contributed by atoms with van der Waals surface area (Å²) in [6.07, 6.45) is 7.35. The fourth-order valence-electron chi connectivity index (χ4n) is 4.27. The normalized spacial score (nSPS) is 19.5. The van der Waals surface area contributed by atoms with Crippen LogP contribution in [-0.2, 0) is 5.54 Å². The Morgan fingerprint density at radius 1 is 1.24 bits per heavy atom. The van der Waals surface area contributed by atoms with Crippen LogP contribution in [0.5, 0.6) is 0 Å². The summed E-state index contributed by atoms with van der Waals surface area (Å²) in [5, 5.41) is 4.14. The standard InChI is InChI=1S/C23H25BrClN7O/c1-14(2)18-11-30(3)22(33)32(18)20-4-7-26-21(28-20)29-23(5-6-23)19-12-31(13-27-19)17-9-15(24)8-16(25)10-17/h4,7-10,12-14,18H,5-6,11H2,1-3H3,(H,26,28,29). The van der Waals surface area contributed by atoms with Gasteiger partial charge in [0.15, 0.2) is 0 Å². The van der Waals surface area contributed by atoms with E-state index in [1.54, 1.807) is 28.4 Å². The number of likely N-dealkylation sites (N-methyl/N-ethyl adjacent to an activating group) is 1. The number of benzene rings is 1. The molecule has 8 nitrogen and oxygen atoms in total. The van der Waals surface area contributed by atoms with E-state index in [9.17, 15) is 4.79 Å². The Balaban J connectivity index is 1.39. The molecule has 2 aliphatic rings. The van der Waals surface area contributed by atoms with Crippen molar-refractivity contribution in [3.05, 3.63) is 58.2 Å². The van der Waals surface area contributed by atoms with Crippen LogP contribution in [0.4, 0.5) is 16.6 Å². The quantitative estimate of drug-likeness (QED) is 0.481. The summed E-state index contributed by atoms with van der Waals surface area (Å²) in [6.45, 7) is 4.93. The van der Waals surface area contributed by atoms with E-state index >= 15 is 0 Å². The molecule has 1 aliphatic carbocycles. The summed E-state index contributed by atoms with van der Waals surface area (Å²) in [5.41, 5.74) is 1.53. The lowest BCUT2D eigenvalue weighted by molar-refractivity contribution is 0.229. The number of rotatable bonds is 6. The highest BCUT2D eigenvalue weighted by Gasteiger charge is 2.47. The van der Waals surface area contributed by atoms with E-state index in [1.165, 1.54) is 0 Å². The van der Waals surface area contributed by atoms with Gasteiger partial charge in [-0.05, 0) is 43.0 Å². The Bertz CT molecular complexity index is 1190.